The fourth-order valence-corrected chi connectivity index (χ4v) is 1.51. The van der Waals surface area contributed by atoms with Gasteiger partial charge in [0.05, 0.1) is 0 Å². The Hall–Kier alpha value is -1.31. The topological polar surface area (TPSA) is 20.3 Å². The highest BCUT2D eigenvalue weighted by atomic mass is 16.2. The first-order chi connectivity index (χ1) is 9.61. The molecule has 0 heterocycles. The molecule has 0 aliphatic carbocycles. The third-order valence-corrected chi connectivity index (χ3v) is 2.67. The van der Waals surface area contributed by atoms with Gasteiger partial charge in [-0.05, 0) is 19.8 Å². The molecule has 1 aromatic rings. The van der Waals surface area contributed by atoms with E-state index in [0.29, 0.717) is 6.42 Å². The molecule has 116 valence electrons. The van der Waals surface area contributed by atoms with Gasteiger partial charge in [-0.25, -0.2) is 0 Å². The Morgan fingerprint density at radius 2 is 1.60 bits per heavy atom. The minimum Gasteiger partial charge on any atom is -0.346 e. The molecule has 0 spiro atoms. The van der Waals surface area contributed by atoms with E-state index < -0.39 is 0 Å². The van der Waals surface area contributed by atoms with E-state index in [2.05, 4.69) is 32.9 Å². The minimum absolute atomic E-state index is 0.286. The van der Waals surface area contributed by atoms with Gasteiger partial charge in [0.2, 0.25) is 5.91 Å². The van der Waals surface area contributed by atoms with Crippen molar-refractivity contribution in [3.63, 3.8) is 0 Å². The average molecular weight is 279 g/mol. The van der Waals surface area contributed by atoms with Crippen LogP contribution in [0.2, 0.25) is 0 Å². The minimum atomic E-state index is 0.286. The predicted octanol–water partition coefficient (Wildman–Crippen LogP) is 5.07. The standard InChI is InChI=1S/C9H19NO.C7H8.C2H6/c1-4-6-7-9(11)10(3)8-5-2;1-7-5-3-2-4-6-7;1-2/h4-8H2,1-3H3;2-6H,1H3;1-2H3. The number of carbonyl (C=O) groups is 1. The predicted molar refractivity (Wildman–Crippen MR) is 90.0 cm³/mol. The van der Waals surface area contributed by atoms with Crippen molar-refractivity contribution in [1.29, 1.82) is 0 Å². The molecule has 2 heteroatoms. The van der Waals surface area contributed by atoms with E-state index in [-0.39, 0.29) is 5.91 Å². The summed E-state index contributed by atoms with van der Waals surface area (Å²) in [6.45, 7) is 11.2. The molecule has 0 atom stereocenters. The van der Waals surface area contributed by atoms with Gasteiger partial charge in [0.1, 0.15) is 0 Å². The summed E-state index contributed by atoms with van der Waals surface area (Å²) in [5, 5.41) is 0. The van der Waals surface area contributed by atoms with E-state index in [1.54, 1.807) is 0 Å². The Morgan fingerprint density at radius 1 is 1.05 bits per heavy atom. The number of rotatable bonds is 5. The van der Waals surface area contributed by atoms with Crippen LogP contribution in [-0.4, -0.2) is 24.4 Å². The van der Waals surface area contributed by atoms with Crippen LogP contribution in [0.3, 0.4) is 0 Å². The summed E-state index contributed by atoms with van der Waals surface area (Å²) in [6, 6.07) is 10.3. The lowest BCUT2D eigenvalue weighted by Gasteiger charge is -2.15. The maximum absolute atomic E-state index is 11.2. The molecule has 0 saturated heterocycles. The molecule has 0 saturated carbocycles. The smallest absolute Gasteiger partial charge is 0.222 e. The second-order valence-electron chi connectivity index (χ2n) is 4.57. The first-order valence-corrected chi connectivity index (χ1v) is 7.87. The number of amides is 1. The molecular formula is C18H33NO. The molecule has 0 aromatic heterocycles. The highest BCUT2D eigenvalue weighted by Gasteiger charge is 2.05. The Balaban J connectivity index is 0. The zero-order valence-corrected chi connectivity index (χ0v) is 14.3. The number of benzene rings is 1. The second-order valence-corrected chi connectivity index (χ2v) is 4.57. The lowest BCUT2D eigenvalue weighted by atomic mass is 10.2. The van der Waals surface area contributed by atoms with Crippen molar-refractivity contribution in [3.05, 3.63) is 35.9 Å². The summed E-state index contributed by atoms with van der Waals surface area (Å²) in [4.78, 5) is 13.0. The van der Waals surface area contributed by atoms with Crippen LogP contribution in [0.25, 0.3) is 0 Å². The van der Waals surface area contributed by atoms with Crippen LogP contribution in [0.4, 0.5) is 0 Å². The molecule has 20 heavy (non-hydrogen) atoms. The van der Waals surface area contributed by atoms with Crippen molar-refractivity contribution in [2.45, 2.75) is 60.3 Å². The quantitative estimate of drug-likeness (QED) is 0.737. The molecule has 0 radical (unpaired) electrons. The Labute approximate surface area is 126 Å². The van der Waals surface area contributed by atoms with Crippen molar-refractivity contribution < 1.29 is 4.79 Å². The van der Waals surface area contributed by atoms with Gasteiger partial charge in [-0.2, -0.15) is 0 Å². The molecule has 1 rings (SSSR count). The number of carbonyl (C=O) groups excluding carboxylic acids is 1. The summed E-state index contributed by atoms with van der Waals surface area (Å²) in [5.74, 6) is 0.286. The van der Waals surface area contributed by atoms with Crippen molar-refractivity contribution >= 4 is 5.91 Å². The van der Waals surface area contributed by atoms with Gasteiger partial charge in [-0.3, -0.25) is 4.79 Å². The van der Waals surface area contributed by atoms with E-state index in [9.17, 15) is 4.79 Å². The first-order valence-electron chi connectivity index (χ1n) is 7.87. The van der Waals surface area contributed by atoms with Crippen molar-refractivity contribution in [2.75, 3.05) is 13.6 Å². The number of hydrogen-bond donors (Lipinski definition) is 0. The molecule has 0 aliphatic rings. The van der Waals surface area contributed by atoms with Crippen LogP contribution < -0.4 is 0 Å². The summed E-state index contributed by atoms with van der Waals surface area (Å²) in [5.41, 5.74) is 1.32. The largest absolute Gasteiger partial charge is 0.346 e. The van der Waals surface area contributed by atoms with E-state index >= 15 is 0 Å². The van der Waals surface area contributed by atoms with E-state index in [1.807, 2.05) is 44.0 Å². The fourth-order valence-electron chi connectivity index (χ4n) is 1.51. The van der Waals surface area contributed by atoms with Crippen molar-refractivity contribution in [1.82, 2.24) is 4.90 Å². The van der Waals surface area contributed by atoms with Crippen LogP contribution >= 0.6 is 0 Å². The first kappa shape index (κ1) is 21.0. The number of aryl methyl sites for hydroxylation is 1. The summed E-state index contributed by atoms with van der Waals surface area (Å²) in [7, 11) is 1.88. The lowest BCUT2D eigenvalue weighted by Crippen LogP contribution is -2.26. The summed E-state index contributed by atoms with van der Waals surface area (Å²) >= 11 is 0. The van der Waals surface area contributed by atoms with Crippen LogP contribution in [0.5, 0.6) is 0 Å². The highest BCUT2D eigenvalue weighted by Crippen LogP contribution is 1.98. The SMILES string of the molecule is CC.CCCCC(=O)N(C)CCC.Cc1ccccc1. The zero-order chi connectivity index (χ0) is 15.8. The van der Waals surface area contributed by atoms with Gasteiger partial charge in [0.15, 0.2) is 0 Å². The zero-order valence-electron chi connectivity index (χ0n) is 14.3. The Bertz CT molecular complexity index is 308. The number of unbranched alkanes of at least 4 members (excludes halogenated alkanes) is 1. The molecule has 2 nitrogen and oxygen atoms in total. The van der Waals surface area contributed by atoms with Crippen LogP contribution in [0, 0.1) is 6.92 Å². The van der Waals surface area contributed by atoms with E-state index in [1.165, 1.54) is 5.56 Å². The monoisotopic (exact) mass is 279 g/mol. The molecular weight excluding hydrogens is 246 g/mol. The van der Waals surface area contributed by atoms with Gasteiger partial charge in [0, 0.05) is 20.0 Å². The molecule has 0 bridgehead atoms. The van der Waals surface area contributed by atoms with Gasteiger partial charge in [0.25, 0.3) is 0 Å². The molecule has 0 aliphatic heterocycles. The molecule has 1 aromatic carbocycles. The van der Waals surface area contributed by atoms with Crippen LogP contribution in [-0.2, 0) is 4.79 Å². The van der Waals surface area contributed by atoms with Gasteiger partial charge in [-0.1, -0.05) is 70.0 Å². The van der Waals surface area contributed by atoms with E-state index in [4.69, 9.17) is 0 Å². The fraction of sp³-hybridized carbons (Fsp3) is 0.611. The van der Waals surface area contributed by atoms with Crippen molar-refractivity contribution in [2.24, 2.45) is 0 Å². The normalized spacial score (nSPS) is 8.70. The van der Waals surface area contributed by atoms with Gasteiger partial charge < -0.3 is 4.90 Å². The average Bonchev–Trinajstić information content (AvgIpc) is 2.48. The third kappa shape index (κ3) is 13.1. The second kappa shape index (κ2) is 15.7. The van der Waals surface area contributed by atoms with Gasteiger partial charge >= 0.3 is 0 Å². The number of nitrogens with zero attached hydrogens (tertiary/aromatic N) is 1. The summed E-state index contributed by atoms with van der Waals surface area (Å²) < 4.78 is 0. The number of hydrogen-bond acceptors (Lipinski definition) is 1. The summed E-state index contributed by atoms with van der Waals surface area (Å²) in [6.07, 6.45) is 3.89. The molecule has 0 fully saturated rings. The van der Waals surface area contributed by atoms with Crippen LogP contribution in [0.15, 0.2) is 30.3 Å². The molecule has 0 N–H and O–H groups in total. The maximum Gasteiger partial charge on any atom is 0.222 e. The molecule has 1 amide bonds. The Morgan fingerprint density at radius 3 is 1.95 bits per heavy atom. The van der Waals surface area contributed by atoms with Crippen molar-refractivity contribution in [3.8, 4) is 0 Å². The van der Waals surface area contributed by atoms with E-state index in [0.717, 1.165) is 25.8 Å². The third-order valence-electron chi connectivity index (χ3n) is 2.67. The maximum atomic E-state index is 11.2. The Kier molecular flexibility index (Phi) is 16.5. The lowest BCUT2D eigenvalue weighted by molar-refractivity contribution is -0.130. The van der Waals surface area contributed by atoms with Crippen LogP contribution in [0.1, 0.15) is 58.9 Å². The molecule has 0 unspecified atom stereocenters. The highest BCUT2D eigenvalue weighted by molar-refractivity contribution is 5.75. The van der Waals surface area contributed by atoms with Gasteiger partial charge in [-0.15, -0.1) is 0 Å².